The van der Waals surface area contributed by atoms with E-state index in [1.165, 1.54) is 32.9 Å². The monoisotopic (exact) mass is 924 g/mol. The Labute approximate surface area is 390 Å². The lowest BCUT2D eigenvalue weighted by Gasteiger charge is -2.62. The molecule has 0 aromatic heterocycles. The van der Waals surface area contributed by atoms with Gasteiger partial charge >= 0.3 is 11.9 Å². The molecule has 15 nitrogen and oxygen atoms in total. The third-order valence-electron chi connectivity index (χ3n) is 14.9. The first-order chi connectivity index (χ1) is 32.3. The van der Waals surface area contributed by atoms with E-state index < -0.39 is 52.8 Å². The molecule has 344 valence electrons. The summed E-state index contributed by atoms with van der Waals surface area (Å²) >= 11 is 1.37. The molecule has 0 unspecified atom stereocenters. The second-order valence-electron chi connectivity index (χ2n) is 18.1. The highest BCUT2D eigenvalue weighted by atomic mass is 32.2. The number of aromatic hydroxyl groups is 2. The summed E-state index contributed by atoms with van der Waals surface area (Å²) in [6.45, 7) is 4.68. The molecule has 7 atom stereocenters. The number of phenols is 2. The molecule has 1 amide bonds. The van der Waals surface area contributed by atoms with Gasteiger partial charge in [-0.25, -0.2) is 4.79 Å². The number of nitrogens with zero attached hydrogens (tertiary/aromatic N) is 4. The number of hydrogen-bond donors (Lipinski definition) is 2. The van der Waals surface area contributed by atoms with Gasteiger partial charge in [0, 0.05) is 59.1 Å². The second-order valence-corrected chi connectivity index (χ2v) is 19.3. The molecular weight excluding hydrogens is 877 g/mol. The normalized spacial score (nSPS) is 25.9. The van der Waals surface area contributed by atoms with Crippen LogP contribution in [0.25, 0.3) is 10.8 Å². The summed E-state index contributed by atoms with van der Waals surface area (Å²) in [5.41, 5.74) is 3.61. The van der Waals surface area contributed by atoms with E-state index >= 15 is 9.59 Å². The molecular formula is C51H48N4O11S. The van der Waals surface area contributed by atoms with Crippen LogP contribution in [0.1, 0.15) is 79.1 Å². The topological polar surface area (TPSA) is 181 Å². The molecule has 0 aliphatic carbocycles. The second kappa shape index (κ2) is 15.7. The third kappa shape index (κ3) is 6.06. The first kappa shape index (κ1) is 42.9. The minimum Gasteiger partial charge on any atom is -0.504 e. The maximum Gasteiger partial charge on any atom is 0.337 e. The molecule has 7 heterocycles. The number of ether oxygens (including phenoxy) is 6. The summed E-state index contributed by atoms with van der Waals surface area (Å²) in [6, 6.07) is 17.8. The summed E-state index contributed by atoms with van der Waals surface area (Å²) in [4.78, 5) is 50.2. The molecule has 7 aliphatic heterocycles. The van der Waals surface area contributed by atoms with Crippen molar-refractivity contribution in [1.82, 2.24) is 14.7 Å². The van der Waals surface area contributed by atoms with E-state index in [0.29, 0.717) is 69.0 Å². The smallest absolute Gasteiger partial charge is 0.337 e. The van der Waals surface area contributed by atoms with E-state index in [1.54, 1.807) is 30.0 Å². The van der Waals surface area contributed by atoms with Gasteiger partial charge in [0.2, 0.25) is 6.79 Å². The highest BCUT2D eigenvalue weighted by Crippen LogP contribution is 2.65. The van der Waals surface area contributed by atoms with Crippen molar-refractivity contribution in [3.8, 4) is 46.3 Å². The van der Waals surface area contributed by atoms with Crippen LogP contribution >= 0.6 is 11.8 Å². The Hall–Kier alpha value is -6.67. The Morgan fingerprint density at radius 1 is 0.925 bits per heavy atom. The van der Waals surface area contributed by atoms with Crippen molar-refractivity contribution in [2.24, 2.45) is 0 Å². The van der Waals surface area contributed by atoms with Gasteiger partial charge < -0.3 is 43.5 Å². The van der Waals surface area contributed by atoms with Gasteiger partial charge in [-0.3, -0.25) is 19.4 Å². The van der Waals surface area contributed by atoms with Crippen LogP contribution in [-0.2, 0) is 32.7 Å². The van der Waals surface area contributed by atoms with Crippen molar-refractivity contribution >= 4 is 40.4 Å². The predicted octanol–water partition coefficient (Wildman–Crippen LogP) is 6.69. The van der Waals surface area contributed by atoms with Crippen LogP contribution in [0.15, 0.2) is 60.7 Å². The van der Waals surface area contributed by atoms with Crippen LogP contribution in [0.5, 0.6) is 40.2 Å². The highest BCUT2D eigenvalue weighted by molar-refractivity contribution is 7.99. The molecule has 1 spiro atoms. The van der Waals surface area contributed by atoms with Crippen LogP contribution in [0.4, 0.5) is 0 Å². The van der Waals surface area contributed by atoms with Gasteiger partial charge in [0.05, 0.1) is 37.6 Å². The molecule has 4 bridgehead atoms. The number of hydrogen-bond acceptors (Lipinski definition) is 15. The number of aryl methyl sites for hydroxylation is 1. The fourth-order valence-electron chi connectivity index (χ4n) is 12.0. The number of benzene rings is 5. The highest BCUT2D eigenvalue weighted by Gasteiger charge is 2.63. The Morgan fingerprint density at radius 2 is 1.70 bits per heavy atom. The van der Waals surface area contributed by atoms with Gasteiger partial charge in [0.1, 0.15) is 18.4 Å². The zero-order valence-electron chi connectivity index (χ0n) is 37.7. The number of piperazine rings is 1. The van der Waals surface area contributed by atoms with Crippen molar-refractivity contribution < 1.29 is 53.0 Å². The number of rotatable bonds is 4. The van der Waals surface area contributed by atoms with Crippen LogP contribution in [0.2, 0.25) is 0 Å². The standard InChI is InChI=1S/C51H48N4O11S/c1-24-15-31-17-33-34(20-52)55-35-21-63-50(60)51(32-19-37(61-5)36(57)18-29(32)13-14-54(51)49(59)30-12-11-27-9-7-8-10-28(27)16-30)22-67-48(42(55)41(53(33)4)38(31)43(58)44(24)62-6)40-39(35)47-46(64-23-65-47)25(2)45(40)66-26(3)56/h7-12,15-16,18-19,33-35,41-42,48,57-58H,13-14,17,21-23H2,1-6H3/t33-,34-,35-,41+,42+,48+,51+/m0/s1. The summed E-state index contributed by atoms with van der Waals surface area (Å²) in [6.07, 6.45) is 0.746. The maximum absolute atomic E-state index is 15.8. The molecule has 2 saturated heterocycles. The minimum absolute atomic E-state index is 0.00779. The van der Waals surface area contributed by atoms with Crippen molar-refractivity contribution in [1.29, 1.82) is 5.26 Å². The summed E-state index contributed by atoms with van der Waals surface area (Å²) in [5.74, 6) is -0.410. The van der Waals surface area contributed by atoms with E-state index in [2.05, 4.69) is 15.9 Å². The first-order valence-electron chi connectivity index (χ1n) is 22.2. The fraction of sp³-hybridized carbons (Fsp3) is 0.373. The van der Waals surface area contributed by atoms with Crippen molar-refractivity contribution in [2.45, 2.75) is 74.6 Å². The maximum atomic E-state index is 15.8. The molecule has 67 heavy (non-hydrogen) atoms. The van der Waals surface area contributed by atoms with Crippen LogP contribution in [0, 0.1) is 25.2 Å². The summed E-state index contributed by atoms with van der Waals surface area (Å²) < 4.78 is 36.8. The van der Waals surface area contributed by atoms with Crippen molar-refractivity contribution in [2.75, 3.05) is 47.0 Å². The van der Waals surface area contributed by atoms with E-state index in [-0.39, 0.29) is 54.7 Å². The number of esters is 2. The zero-order chi connectivity index (χ0) is 46.8. The molecule has 0 saturated carbocycles. The molecule has 5 aromatic carbocycles. The predicted molar refractivity (Wildman–Crippen MR) is 245 cm³/mol. The van der Waals surface area contributed by atoms with E-state index in [1.807, 2.05) is 56.4 Å². The number of fused-ring (bicyclic) bond motifs is 10. The fourth-order valence-corrected chi connectivity index (χ4v) is 13.8. The van der Waals surface area contributed by atoms with Crippen LogP contribution in [0.3, 0.4) is 0 Å². The average Bonchev–Trinajstić information content (AvgIpc) is 3.81. The largest absolute Gasteiger partial charge is 0.504 e. The Morgan fingerprint density at radius 3 is 2.45 bits per heavy atom. The van der Waals surface area contributed by atoms with Crippen LogP contribution < -0.4 is 23.7 Å². The van der Waals surface area contributed by atoms with Gasteiger partial charge in [-0.15, -0.1) is 11.8 Å². The summed E-state index contributed by atoms with van der Waals surface area (Å²) in [7, 11) is 4.91. The average molecular weight is 925 g/mol. The van der Waals surface area contributed by atoms with Gasteiger partial charge in [0.25, 0.3) is 5.91 Å². The summed E-state index contributed by atoms with van der Waals surface area (Å²) in [5, 5.41) is 35.9. The van der Waals surface area contributed by atoms with E-state index in [4.69, 9.17) is 28.4 Å². The van der Waals surface area contributed by atoms with Gasteiger partial charge in [0.15, 0.2) is 40.0 Å². The molecule has 16 heteroatoms. The lowest BCUT2D eigenvalue weighted by molar-refractivity contribution is -0.162. The van der Waals surface area contributed by atoms with E-state index in [0.717, 1.165) is 21.9 Å². The van der Waals surface area contributed by atoms with Crippen molar-refractivity contribution in [3.63, 3.8) is 0 Å². The Balaban J connectivity index is 1.18. The quantitative estimate of drug-likeness (QED) is 0.144. The number of phenolic OH excluding ortho intramolecular Hbond substituents is 2. The molecule has 2 N–H and O–H groups in total. The number of thioether (sulfide) groups is 1. The number of carbonyl (C=O) groups is 3. The number of amides is 1. The molecule has 12 rings (SSSR count). The lowest BCUT2D eigenvalue weighted by Crippen LogP contribution is -2.69. The third-order valence-corrected chi connectivity index (χ3v) is 16.3. The molecule has 2 fully saturated rings. The molecule has 5 aromatic rings. The van der Waals surface area contributed by atoms with E-state index in [9.17, 15) is 20.3 Å². The zero-order valence-corrected chi connectivity index (χ0v) is 38.6. The first-order valence-corrected chi connectivity index (χ1v) is 23.3. The lowest BCUT2D eigenvalue weighted by atomic mass is 9.71. The SMILES string of the molecule is COc1cc2c(cc1O)CCN(C(=O)c1ccc3ccccc3c1)[C@]21CS[C@@H]2c3c(OC(C)=O)c(C)c4c(c3[C@H](COC1=O)N1[C@@H]2[C@H]2c3c(cc(C)c(OC)c3O)C[C@@H]([C@@H]1C#N)N2C)OCO4. The van der Waals surface area contributed by atoms with Crippen LogP contribution in [-0.4, -0.2) is 108 Å². The van der Waals surface area contributed by atoms with Gasteiger partial charge in [-0.1, -0.05) is 36.4 Å². The van der Waals surface area contributed by atoms with Gasteiger partial charge in [-0.05, 0) is 91.0 Å². The molecule has 0 radical (unpaired) electrons. The number of nitriles is 1. The molecule has 7 aliphatic rings. The minimum atomic E-state index is -1.82. The Bertz CT molecular complexity index is 3030. The Kier molecular flexibility index (Phi) is 10.1. The number of likely N-dealkylation sites (N-methyl/N-ethyl adjacent to an activating group) is 1. The number of methoxy groups -OCH3 is 2. The van der Waals surface area contributed by atoms with Crippen molar-refractivity contribution in [3.05, 3.63) is 111 Å². The van der Waals surface area contributed by atoms with Gasteiger partial charge in [-0.2, -0.15) is 5.26 Å². The number of carbonyl (C=O) groups excluding carboxylic acids is 3.